The van der Waals surface area contributed by atoms with Gasteiger partial charge in [-0.05, 0) is 19.1 Å². The molecule has 0 amide bonds. The van der Waals surface area contributed by atoms with Crippen molar-refractivity contribution < 1.29 is 13.5 Å². The molecule has 0 saturated heterocycles. The third-order valence-corrected chi connectivity index (χ3v) is 2.83. The van der Waals surface area contributed by atoms with Gasteiger partial charge in [0, 0.05) is 24.2 Å². The van der Waals surface area contributed by atoms with Gasteiger partial charge in [0.1, 0.15) is 12.4 Å². The van der Waals surface area contributed by atoms with E-state index in [1.165, 1.54) is 0 Å². The minimum atomic E-state index is -2.50. The van der Waals surface area contributed by atoms with E-state index in [1.807, 2.05) is 23.8 Å². The van der Waals surface area contributed by atoms with Gasteiger partial charge in [0.2, 0.25) is 0 Å². The number of fused-ring (bicyclic) bond motifs is 1. The molecule has 2 nitrogen and oxygen atoms in total. The van der Waals surface area contributed by atoms with Crippen LogP contribution in [0.2, 0.25) is 5.02 Å². The molecule has 0 aliphatic carbocycles. The second-order valence-electron chi connectivity index (χ2n) is 3.65. The summed E-state index contributed by atoms with van der Waals surface area (Å²) in [6.45, 7) is 2.17. The second-order valence-corrected chi connectivity index (χ2v) is 4.05. The lowest BCUT2D eigenvalue weighted by Gasteiger charge is -2.09. The highest BCUT2D eigenvalue weighted by Crippen LogP contribution is 2.31. The first-order valence-corrected chi connectivity index (χ1v) is 5.69. The number of aryl methyl sites for hydroxylation is 1. The number of hydrogen-bond acceptors (Lipinski definition) is 1. The van der Waals surface area contributed by atoms with E-state index in [2.05, 4.69) is 0 Å². The molecule has 0 spiro atoms. The topological polar surface area (TPSA) is 14.2 Å². The van der Waals surface area contributed by atoms with E-state index in [-0.39, 0.29) is 0 Å². The minimum absolute atomic E-state index is 0.299. The first kappa shape index (κ1) is 12.2. The van der Waals surface area contributed by atoms with Crippen LogP contribution in [-0.4, -0.2) is 17.6 Å². The molecule has 0 saturated carbocycles. The van der Waals surface area contributed by atoms with E-state index in [4.69, 9.17) is 16.3 Å². The fourth-order valence-electron chi connectivity index (χ4n) is 1.73. The number of rotatable bonds is 4. The van der Waals surface area contributed by atoms with Crippen LogP contribution in [0.15, 0.2) is 24.4 Å². The van der Waals surface area contributed by atoms with Crippen LogP contribution in [0.5, 0.6) is 5.75 Å². The third-order valence-electron chi connectivity index (χ3n) is 2.53. The number of ether oxygens (including phenoxy) is 1. The highest BCUT2D eigenvalue weighted by atomic mass is 35.5. The average Bonchev–Trinajstić information content (AvgIpc) is 2.67. The van der Waals surface area contributed by atoms with Crippen molar-refractivity contribution in [2.75, 3.05) is 6.61 Å². The Morgan fingerprint density at radius 2 is 2.18 bits per heavy atom. The Morgan fingerprint density at radius 1 is 1.41 bits per heavy atom. The van der Waals surface area contributed by atoms with E-state index in [0.29, 0.717) is 10.8 Å². The Balaban J connectivity index is 2.38. The molecule has 92 valence electrons. The number of benzene rings is 1. The van der Waals surface area contributed by atoms with Crippen molar-refractivity contribution >= 4 is 22.5 Å². The van der Waals surface area contributed by atoms with Crippen LogP contribution < -0.4 is 4.74 Å². The first-order valence-electron chi connectivity index (χ1n) is 5.31. The summed E-state index contributed by atoms with van der Waals surface area (Å²) >= 11 is 5.96. The van der Waals surface area contributed by atoms with Crippen LogP contribution >= 0.6 is 11.6 Å². The van der Waals surface area contributed by atoms with E-state index in [1.54, 1.807) is 12.1 Å². The fraction of sp³-hybridized carbons (Fsp3) is 0.333. The summed E-state index contributed by atoms with van der Waals surface area (Å²) in [5, 5.41) is 1.33. The largest absolute Gasteiger partial charge is 0.486 e. The Labute approximate surface area is 103 Å². The van der Waals surface area contributed by atoms with Gasteiger partial charge in [-0.3, -0.25) is 0 Å². The van der Waals surface area contributed by atoms with Crippen LogP contribution in [0.25, 0.3) is 10.9 Å². The van der Waals surface area contributed by atoms with Crippen LogP contribution in [0.4, 0.5) is 8.78 Å². The molecule has 0 bridgehead atoms. The molecule has 0 aliphatic rings. The second kappa shape index (κ2) is 4.92. The molecule has 0 aliphatic heterocycles. The maximum Gasteiger partial charge on any atom is 0.272 e. The van der Waals surface area contributed by atoms with Crippen molar-refractivity contribution in [3.8, 4) is 5.75 Å². The lowest BCUT2D eigenvalue weighted by atomic mass is 10.2. The smallest absolute Gasteiger partial charge is 0.272 e. The van der Waals surface area contributed by atoms with Gasteiger partial charge in [0.25, 0.3) is 6.43 Å². The van der Waals surface area contributed by atoms with Crippen LogP contribution in [0.1, 0.15) is 6.92 Å². The lowest BCUT2D eigenvalue weighted by Crippen LogP contribution is -2.07. The molecule has 1 aromatic carbocycles. The summed E-state index contributed by atoms with van der Waals surface area (Å²) in [6.07, 6.45) is -0.572. The maximum absolute atomic E-state index is 12.1. The number of nitrogens with zero attached hydrogens (tertiary/aromatic N) is 1. The predicted octanol–water partition coefficient (Wildman–Crippen LogP) is 3.96. The summed E-state index contributed by atoms with van der Waals surface area (Å²) in [7, 11) is 0. The molecule has 1 heterocycles. The van der Waals surface area contributed by atoms with E-state index < -0.39 is 13.0 Å². The lowest BCUT2D eigenvalue weighted by molar-refractivity contribution is 0.0820. The Hall–Kier alpha value is -1.29. The molecule has 0 N–H and O–H groups in total. The number of aromatic nitrogens is 1. The summed E-state index contributed by atoms with van der Waals surface area (Å²) < 4.78 is 31.1. The zero-order chi connectivity index (χ0) is 12.4. The molecule has 5 heteroatoms. The average molecular weight is 260 g/mol. The molecule has 2 aromatic rings. The van der Waals surface area contributed by atoms with Gasteiger partial charge >= 0.3 is 0 Å². The number of halogens is 3. The zero-order valence-electron chi connectivity index (χ0n) is 9.29. The highest BCUT2D eigenvalue weighted by molar-refractivity contribution is 6.32. The fourth-order valence-corrected chi connectivity index (χ4v) is 1.96. The van der Waals surface area contributed by atoms with Crippen LogP contribution in [0, 0.1) is 0 Å². The molecule has 0 radical (unpaired) electrons. The van der Waals surface area contributed by atoms with Crippen molar-refractivity contribution in [3.05, 3.63) is 29.4 Å². The summed E-state index contributed by atoms with van der Waals surface area (Å²) in [5.41, 5.74) is 0.932. The van der Waals surface area contributed by atoms with Gasteiger partial charge < -0.3 is 9.30 Å². The standard InChI is InChI=1S/C12H12ClF2NO/c1-2-16-4-3-8-5-9(13)11(6-10(8)16)17-7-12(14)15/h3-6,12H,2,7H2,1H3. The normalized spacial score (nSPS) is 11.4. The molecule has 0 fully saturated rings. The Kier molecular flexibility index (Phi) is 3.52. The number of hydrogen-bond donors (Lipinski definition) is 0. The SMILES string of the molecule is CCn1ccc2cc(Cl)c(OCC(F)F)cc21. The minimum Gasteiger partial charge on any atom is -0.486 e. The van der Waals surface area contributed by atoms with Gasteiger partial charge in [-0.1, -0.05) is 11.6 Å². The van der Waals surface area contributed by atoms with Crippen molar-refractivity contribution in [2.24, 2.45) is 0 Å². The van der Waals surface area contributed by atoms with Gasteiger partial charge in [-0.25, -0.2) is 8.78 Å². The van der Waals surface area contributed by atoms with Gasteiger partial charge in [-0.15, -0.1) is 0 Å². The third kappa shape index (κ3) is 2.52. The molecule has 1 aromatic heterocycles. The molecule has 17 heavy (non-hydrogen) atoms. The highest BCUT2D eigenvalue weighted by Gasteiger charge is 2.10. The molecule has 0 unspecified atom stereocenters. The summed E-state index contributed by atoms with van der Waals surface area (Å²) in [6, 6.07) is 5.36. The van der Waals surface area contributed by atoms with Crippen molar-refractivity contribution in [3.63, 3.8) is 0 Å². The van der Waals surface area contributed by atoms with Crippen molar-refractivity contribution in [2.45, 2.75) is 19.9 Å². The van der Waals surface area contributed by atoms with E-state index >= 15 is 0 Å². The predicted molar refractivity (Wildman–Crippen MR) is 64.1 cm³/mol. The van der Waals surface area contributed by atoms with Gasteiger partial charge in [-0.2, -0.15) is 0 Å². The maximum atomic E-state index is 12.1. The van der Waals surface area contributed by atoms with Crippen molar-refractivity contribution in [1.29, 1.82) is 0 Å². The molecular weight excluding hydrogens is 248 g/mol. The van der Waals surface area contributed by atoms with Crippen LogP contribution in [0.3, 0.4) is 0 Å². The molecule has 2 rings (SSSR count). The summed E-state index contributed by atoms with van der Waals surface area (Å²) in [4.78, 5) is 0. The summed E-state index contributed by atoms with van der Waals surface area (Å²) in [5.74, 6) is 0.299. The van der Waals surface area contributed by atoms with E-state index in [9.17, 15) is 8.78 Å². The Bertz CT molecular complexity index is 524. The van der Waals surface area contributed by atoms with Gasteiger partial charge in [0.15, 0.2) is 0 Å². The van der Waals surface area contributed by atoms with Crippen molar-refractivity contribution in [1.82, 2.24) is 4.57 Å². The zero-order valence-corrected chi connectivity index (χ0v) is 10.0. The molecule has 0 atom stereocenters. The number of alkyl halides is 2. The first-order chi connectivity index (χ1) is 8.11. The van der Waals surface area contributed by atoms with Crippen LogP contribution in [-0.2, 0) is 6.54 Å². The van der Waals surface area contributed by atoms with Gasteiger partial charge in [0.05, 0.1) is 10.5 Å². The molecular formula is C12H12ClF2NO. The monoisotopic (exact) mass is 259 g/mol. The van der Waals surface area contributed by atoms with E-state index in [0.717, 1.165) is 17.4 Å². The Morgan fingerprint density at radius 3 is 2.82 bits per heavy atom. The quantitative estimate of drug-likeness (QED) is 0.811.